The summed E-state index contributed by atoms with van der Waals surface area (Å²) in [4.78, 5) is 10.7. The van der Waals surface area contributed by atoms with Crippen LogP contribution in [0.1, 0.15) is 25.1 Å². The van der Waals surface area contributed by atoms with E-state index in [0.29, 0.717) is 23.2 Å². The lowest BCUT2D eigenvalue weighted by atomic mass is 10.2. The maximum atomic E-state index is 11.1. The molecule has 1 heterocycles. The summed E-state index contributed by atoms with van der Waals surface area (Å²) < 4.78 is 2.01. The van der Waals surface area contributed by atoms with Crippen molar-refractivity contribution in [2.24, 2.45) is 0 Å². The van der Waals surface area contributed by atoms with Crippen LogP contribution in [0.4, 0.5) is 5.69 Å². The number of hydrogen-bond acceptors (Lipinski definition) is 3. The first kappa shape index (κ1) is 15.5. The molecule has 0 saturated heterocycles. The third-order valence-corrected chi connectivity index (χ3v) is 3.43. The van der Waals surface area contributed by atoms with Crippen LogP contribution in [0.25, 0.3) is 0 Å². The van der Waals surface area contributed by atoms with Crippen molar-refractivity contribution in [2.75, 3.05) is 0 Å². The smallest absolute Gasteiger partial charge is 0.275 e. The minimum Gasteiger partial charge on any atom is -0.346 e. The highest BCUT2D eigenvalue weighted by atomic mass is 35.5. The Balaban J connectivity index is 2.23. The van der Waals surface area contributed by atoms with E-state index in [4.69, 9.17) is 11.6 Å². The molecule has 0 fully saturated rings. The van der Waals surface area contributed by atoms with Crippen LogP contribution >= 0.6 is 11.6 Å². The van der Waals surface area contributed by atoms with Crippen molar-refractivity contribution in [1.29, 1.82) is 0 Å². The van der Waals surface area contributed by atoms with Crippen LogP contribution in [0, 0.1) is 10.1 Å². The highest BCUT2D eigenvalue weighted by Crippen LogP contribution is 2.24. The van der Waals surface area contributed by atoms with Crippen molar-refractivity contribution in [3.8, 4) is 0 Å². The van der Waals surface area contributed by atoms with Gasteiger partial charge in [0.05, 0.1) is 11.5 Å². The number of nitrogens with zero attached hydrogens (tertiary/aromatic N) is 2. The number of nitro benzene ring substituents is 1. The summed E-state index contributed by atoms with van der Waals surface area (Å²) in [6.45, 7) is 5.34. The molecule has 112 valence electrons. The average molecular weight is 308 g/mol. The second-order valence-corrected chi connectivity index (χ2v) is 5.63. The fourth-order valence-corrected chi connectivity index (χ4v) is 2.26. The van der Waals surface area contributed by atoms with Gasteiger partial charge in [-0.3, -0.25) is 10.1 Å². The Morgan fingerprint density at radius 3 is 2.81 bits per heavy atom. The molecule has 0 aliphatic heterocycles. The zero-order chi connectivity index (χ0) is 15.4. The van der Waals surface area contributed by atoms with Gasteiger partial charge in [-0.2, -0.15) is 0 Å². The van der Waals surface area contributed by atoms with E-state index in [-0.39, 0.29) is 5.69 Å². The Hall–Kier alpha value is -1.85. The summed E-state index contributed by atoms with van der Waals surface area (Å²) in [5.41, 5.74) is 1.79. The molecule has 6 heteroatoms. The summed E-state index contributed by atoms with van der Waals surface area (Å²) in [6.07, 6.45) is 1.93. The van der Waals surface area contributed by atoms with Crippen molar-refractivity contribution >= 4 is 17.3 Å². The number of aromatic nitrogens is 1. The molecule has 21 heavy (non-hydrogen) atoms. The summed E-state index contributed by atoms with van der Waals surface area (Å²) in [6, 6.07) is 9.13. The predicted octanol–water partition coefficient (Wildman–Crippen LogP) is 3.60. The average Bonchev–Trinajstić information content (AvgIpc) is 2.85. The molecule has 0 aliphatic rings. The SMILES string of the molecule is CC(C)NCc1cccn1Cc1ccc(Cl)cc1[N+](=O)[O-]. The molecule has 5 nitrogen and oxygen atoms in total. The van der Waals surface area contributed by atoms with Gasteiger partial charge in [-0.05, 0) is 24.3 Å². The lowest BCUT2D eigenvalue weighted by Gasteiger charge is -2.12. The fraction of sp³-hybridized carbons (Fsp3) is 0.333. The quantitative estimate of drug-likeness (QED) is 0.655. The van der Waals surface area contributed by atoms with Gasteiger partial charge in [0.15, 0.2) is 0 Å². The van der Waals surface area contributed by atoms with Crippen LogP contribution in [-0.4, -0.2) is 15.5 Å². The minimum absolute atomic E-state index is 0.0546. The maximum absolute atomic E-state index is 11.1. The van der Waals surface area contributed by atoms with Gasteiger partial charge >= 0.3 is 0 Å². The second kappa shape index (κ2) is 6.74. The monoisotopic (exact) mass is 307 g/mol. The van der Waals surface area contributed by atoms with Crippen molar-refractivity contribution in [3.63, 3.8) is 0 Å². The van der Waals surface area contributed by atoms with Crippen molar-refractivity contribution < 1.29 is 4.92 Å². The van der Waals surface area contributed by atoms with E-state index in [1.54, 1.807) is 12.1 Å². The van der Waals surface area contributed by atoms with Crippen LogP contribution in [0.15, 0.2) is 36.5 Å². The van der Waals surface area contributed by atoms with Crippen molar-refractivity contribution in [2.45, 2.75) is 33.0 Å². The van der Waals surface area contributed by atoms with E-state index >= 15 is 0 Å². The third kappa shape index (κ3) is 4.06. The van der Waals surface area contributed by atoms with E-state index < -0.39 is 4.92 Å². The molecule has 0 bridgehead atoms. The molecule has 0 amide bonds. The Kier molecular flexibility index (Phi) is 4.98. The molecular formula is C15H18ClN3O2. The highest BCUT2D eigenvalue weighted by Gasteiger charge is 2.15. The van der Waals surface area contributed by atoms with Crippen LogP contribution < -0.4 is 5.32 Å². The van der Waals surface area contributed by atoms with Crippen LogP contribution in [0.5, 0.6) is 0 Å². The van der Waals surface area contributed by atoms with Gasteiger partial charge in [-0.1, -0.05) is 25.4 Å². The molecule has 0 aliphatic carbocycles. The number of nitro groups is 1. The molecule has 0 atom stereocenters. The maximum Gasteiger partial charge on any atom is 0.275 e. The molecule has 2 aromatic rings. The van der Waals surface area contributed by atoms with E-state index in [1.807, 2.05) is 22.9 Å². The standard InChI is InChI=1S/C15H18ClN3O2/c1-11(2)17-9-14-4-3-7-18(14)10-12-5-6-13(16)8-15(12)19(20)21/h3-8,11,17H,9-10H2,1-2H3. The van der Waals surface area contributed by atoms with Gasteiger partial charge in [-0.25, -0.2) is 0 Å². The van der Waals surface area contributed by atoms with Crippen LogP contribution in [0.3, 0.4) is 0 Å². The molecule has 1 N–H and O–H groups in total. The molecule has 1 aromatic heterocycles. The normalized spacial score (nSPS) is 11.0. The van der Waals surface area contributed by atoms with Crippen molar-refractivity contribution in [1.82, 2.24) is 9.88 Å². The van der Waals surface area contributed by atoms with Crippen LogP contribution in [0.2, 0.25) is 5.02 Å². The molecule has 0 spiro atoms. The van der Waals surface area contributed by atoms with Gasteiger partial charge in [0.2, 0.25) is 0 Å². The molecule has 0 unspecified atom stereocenters. The minimum atomic E-state index is -0.392. The van der Waals surface area contributed by atoms with Gasteiger partial charge in [-0.15, -0.1) is 0 Å². The van der Waals surface area contributed by atoms with E-state index in [0.717, 1.165) is 12.2 Å². The molecule has 0 saturated carbocycles. The Bertz CT molecular complexity index is 638. The zero-order valence-corrected chi connectivity index (χ0v) is 12.8. The Morgan fingerprint density at radius 1 is 1.38 bits per heavy atom. The van der Waals surface area contributed by atoms with E-state index in [2.05, 4.69) is 19.2 Å². The number of nitrogens with one attached hydrogen (secondary N) is 1. The summed E-state index contributed by atoms with van der Waals surface area (Å²) in [5, 5.41) is 14.8. The van der Waals surface area contributed by atoms with Gasteiger partial charge in [0.25, 0.3) is 5.69 Å². The van der Waals surface area contributed by atoms with E-state index in [1.165, 1.54) is 6.07 Å². The first-order chi connectivity index (χ1) is 9.97. The van der Waals surface area contributed by atoms with Gasteiger partial charge in [0, 0.05) is 41.1 Å². The lowest BCUT2D eigenvalue weighted by Crippen LogP contribution is -2.23. The lowest BCUT2D eigenvalue weighted by molar-refractivity contribution is -0.385. The Labute approximate surface area is 128 Å². The summed E-state index contributed by atoms with van der Waals surface area (Å²) >= 11 is 5.84. The number of benzene rings is 1. The molecule has 0 radical (unpaired) electrons. The largest absolute Gasteiger partial charge is 0.346 e. The Morgan fingerprint density at radius 2 is 2.14 bits per heavy atom. The number of rotatable bonds is 6. The topological polar surface area (TPSA) is 60.1 Å². The number of halogens is 1. The molecular weight excluding hydrogens is 290 g/mol. The predicted molar refractivity (Wildman–Crippen MR) is 83.6 cm³/mol. The summed E-state index contributed by atoms with van der Waals surface area (Å²) in [5.74, 6) is 0. The van der Waals surface area contributed by atoms with Crippen molar-refractivity contribution in [3.05, 3.63) is 62.9 Å². The van der Waals surface area contributed by atoms with Gasteiger partial charge in [0.1, 0.15) is 0 Å². The van der Waals surface area contributed by atoms with E-state index in [9.17, 15) is 10.1 Å². The second-order valence-electron chi connectivity index (χ2n) is 5.19. The summed E-state index contributed by atoms with van der Waals surface area (Å²) in [7, 11) is 0. The van der Waals surface area contributed by atoms with Crippen LogP contribution in [-0.2, 0) is 13.1 Å². The molecule has 1 aromatic carbocycles. The first-order valence-corrected chi connectivity index (χ1v) is 7.15. The van der Waals surface area contributed by atoms with Gasteiger partial charge < -0.3 is 9.88 Å². The fourth-order valence-electron chi connectivity index (χ4n) is 2.10. The number of hydrogen-bond donors (Lipinski definition) is 1. The molecule has 2 rings (SSSR count). The highest BCUT2D eigenvalue weighted by molar-refractivity contribution is 6.30. The third-order valence-electron chi connectivity index (χ3n) is 3.20. The first-order valence-electron chi connectivity index (χ1n) is 6.77. The zero-order valence-electron chi connectivity index (χ0n) is 12.0.